The maximum absolute atomic E-state index is 12.3. The van der Waals surface area contributed by atoms with Gasteiger partial charge in [-0.3, -0.25) is 9.59 Å². The Kier molecular flexibility index (Phi) is 5.95. The van der Waals surface area contributed by atoms with E-state index in [1.165, 1.54) is 5.56 Å². The van der Waals surface area contributed by atoms with Gasteiger partial charge >= 0.3 is 0 Å². The van der Waals surface area contributed by atoms with Crippen molar-refractivity contribution in [1.82, 2.24) is 10.2 Å². The molecule has 0 aromatic heterocycles. The predicted molar refractivity (Wildman–Crippen MR) is 96.4 cm³/mol. The van der Waals surface area contributed by atoms with E-state index >= 15 is 0 Å². The summed E-state index contributed by atoms with van der Waals surface area (Å²) < 4.78 is 5.67. The van der Waals surface area contributed by atoms with Crippen LogP contribution in [0.5, 0.6) is 5.75 Å². The number of amides is 2. The number of likely N-dealkylation sites (tertiary alicyclic amines) is 1. The third-order valence-electron chi connectivity index (χ3n) is 4.97. The second kappa shape index (κ2) is 8.37. The van der Waals surface area contributed by atoms with Gasteiger partial charge in [0.1, 0.15) is 5.75 Å². The van der Waals surface area contributed by atoms with Crippen LogP contribution in [-0.4, -0.2) is 42.5 Å². The van der Waals surface area contributed by atoms with Crippen LogP contribution in [0.25, 0.3) is 0 Å². The first-order chi connectivity index (χ1) is 12.1. The molecule has 2 fully saturated rings. The lowest BCUT2D eigenvalue weighted by Gasteiger charge is -2.32. The predicted octanol–water partition coefficient (Wildman–Crippen LogP) is 2.67. The van der Waals surface area contributed by atoms with E-state index in [4.69, 9.17) is 4.74 Å². The third kappa shape index (κ3) is 5.48. The molecule has 1 aliphatic carbocycles. The van der Waals surface area contributed by atoms with E-state index in [1.807, 2.05) is 36.1 Å². The quantitative estimate of drug-likeness (QED) is 0.774. The molecular formula is C20H28N2O3. The van der Waals surface area contributed by atoms with Gasteiger partial charge in [0.25, 0.3) is 0 Å². The molecular weight excluding hydrogens is 316 g/mol. The molecule has 1 heterocycles. The van der Waals surface area contributed by atoms with Crippen molar-refractivity contribution in [2.24, 2.45) is 5.92 Å². The number of piperidine rings is 1. The Morgan fingerprint density at radius 1 is 1.12 bits per heavy atom. The van der Waals surface area contributed by atoms with E-state index in [0.717, 1.165) is 50.9 Å². The van der Waals surface area contributed by atoms with Crippen molar-refractivity contribution in [3.8, 4) is 5.75 Å². The number of hydrogen-bond acceptors (Lipinski definition) is 3. The molecule has 0 radical (unpaired) electrons. The minimum absolute atomic E-state index is 0.194. The highest BCUT2D eigenvalue weighted by Crippen LogP contribution is 2.29. The maximum Gasteiger partial charge on any atom is 0.223 e. The summed E-state index contributed by atoms with van der Waals surface area (Å²) in [4.78, 5) is 26.0. The highest BCUT2D eigenvalue weighted by molar-refractivity contribution is 5.81. The van der Waals surface area contributed by atoms with Gasteiger partial charge in [-0.15, -0.1) is 0 Å². The largest absolute Gasteiger partial charge is 0.494 e. The Hall–Kier alpha value is -2.04. The minimum atomic E-state index is 0.194. The fourth-order valence-electron chi connectivity index (χ4n) is 3.14. The summed E-state index contributed by atoms with van der Waals surface area (Å²) in [5, 5.41) is 3.12. The first-order valence-electron chi connectivity index (χ1n) is 9.39. The van der Waals surface area contributed by atoms with Crippen molar-refractivity contribution in [3.63, 3.8) is 0 Å². The van der Waals surface area contributed by atoms with Gasteiger partial charge in [0.15, 0.2) is 0 Å². The van der Waals surface area contributed by atoms with E-state index in [9.17, 15) is 9.59 Å². The van der Waals surface area contributed by atoms with Crippen LogP contribution >= 0.6 is 0 Å². The van der Waals surface area contributed by atoms with Gasteiger partial charge < -0.3 is 15.0 Å². The van der Waals surface area contributed by atoms with Crippen LogP contribution in [0.1, 0.15) is 44.1 Å². The van der Waals surface area contributed by atoms with Crippen molar-refractivity contribution in [2.45, 2.75) is 51.5 Å². The molecule has 0 bridgehead atoms. The van der Waals surface area contributed by atoms with Crippen molar-refractivity contribution >= 4 is 11.8 Å². The Morgan fingerprint density at radius 2 is 1.80 bits per heavy atom. The third-order valence-corrected chi connectivity index (χ3v) is 4.97. The fourth-order valence-corrected chi connectivity index (χ4v) is 3.14. The SMILES string of the molecule is Cc1ccc(OCCCC(=O)N2CCC(NC(=O)C3CC3)CC2)cc1. The van der Waals surface area contributed by atoms with E-state index in [1.54, 1.807) is 0 Å². The second-order valence-corrected chi connectivity index (χ2v) is 7.20. The summed E-state index contributed by atoms with van der Waals surface area (Å²) in [7, 11) is 0. The molecule has 1 N–H and O–H groups in total. The summed E-state index contributed by atoms with van der Waals surface area (Å²) >= 11 is 0. The maximum atomic E-state index is 12.3. The molecule has 3 rings (SSSR count). The van der Waals surface area contributed by atoms with Gasteiger partial charge in [0, 0.05) is 31.5 Å². The first-order valence-corrected chi connectivity index (χ1v) is 9.39. The zero-order chi connectivity index (χ0) is 17.6. The Bertz CT molecular complexity index is 587. The summed E-state index contributed by atoms with van der Waals surface area (Å²) in [5.41, 5.74) is 1.21. The average Bonchev–Trinajstić information content (AvgIpc) is 3.46. The van der Waals surface area contributed by atoms with E-state index in [-0.39, 0.29) is 23.8 Å². The number of nitrogens with one attached hydrogen (secondary N) is 1. The molecule has 136 valence electrons. The molecule has 5 heteroatoms. The monoisotopic (exact) mass is 344 g/mol. The van der Waals surface area contributed by atoms with Gasteiger partial charge in [-0.25, -0.2) is 0 Å². The number of ether oxygens (including phenoxy) is 1. The lowest BCUT2D eigenvalue weighted by atomic mass is 10.0. The van der Waals surface area contributed by atoms with Crippen molar-refractivity contribution in [2.75, 3.05) is 19.7 Å². The van der Waals surface area contributed by atoms with Crippen LogP contribution < -0.4 is 10.1 Å². The van der Waals surface area contributed by atoms with Crippen molar-refractivity contribution in [1.29, 1.82) is 0 Å². The molecule has 5 nitrogen and oxygen atoms in total. The molecule has 1 aliphatic heterocycles. The van der Waals surface area contributed by atoms with E-state index < -0.39 is 0 Å². The van der Waals surface area contributed by atoms with Crippen molar-refractivity contribution < 1.29 is 14.3 Å². The molecule has 0 spiro atoms. The average molecular weight is 344 g/mol. The number of carbonyl (C=O) groups is 2. The molecule has 1 saturated heterocycles. The Labute approximate surface area is 149 Å². The molecule has 25 heavy (non-hydrogen) atoms. The fraction of sp³-hybridized carbons (Fsp3) is 0.600. The Balaban J connectivity index is 1.29. The van der Waals surface area contributed by atoms with Crippen LogP contribution in [0.15, 0.2) is 24.3 Å². The second-order valence-electron chi connectivity index (χ2n) is 7.20. The normalized spacial score (nSPS) is 18.0. The van der Waals surface area contributed by atoms with Crippen LogP contribution in [0.4, 0.5) is 0 Å². The van der Waals surface area contributed by atoms with Crippen LogP contribution in [-0.2, 0) is 9.59 Å². The van der Waals surface area contributed by atoms with Crippen LogP contribution in [0.3, 0.4) is 0 Å². The summed E-state index contributed by atoms with van der Waals surface area (Å²) in [5.74, 6) is 1.51. The molecule has 2 amide bonds. The van der Waals surface area contributed by atoms with Crippen LogP contribution in [0, 0.1) is 12.8 Å². The van der Waals surface area contributed by atoms with Gasteiger partial charge in [0.05, 0.1) is 6.61 Å². The van der Waals surface area contributed by atoms with E-state index in [2.05, 4.69) is 5.32 Å². The number of carbonyl (C=O) groups excluding carboxylic acids is 2. The van der Waals surface area contributed by atoms with Gasteiger partial charge in [0.2, 0.25) is 11.8 Å². The minimum Gasteiger partial charge on any atom is -0.494 e. The number of hydrogen-bond donors (Lipinski definition) is 1. The molecule has 1 aromatic carbocycles. The van der Waals surface area contributed by atoms with Crippen molar-refractivity contribution in [3.05, 3.63) is 29.8 Å². The zero-order valence-electron chi connectivity index (χ0n) is 15.0. The Morgan fingerprint density at radius 3 is 2.44 bits per heavy atom. The van der Waals surface area contributed by atoms with Gasteiger partial charge in [-0.05, 0) is 51.2 Å². The summed E-state index contributed by atoms with van der Waals surface area (Å²) in [6.45, 7) is 4.09. The number of benzene rings is 1. The summed E-state index contributed by atoms with van der Waals surface area (Å²) in [6, 6.07) is 8.19. The van der Waals surface area contributed by atoms with Crippen LogP contribution in [0.2, 0.25) is 0 Å². The molecule has 1 saturated carbocycles. The standard InChI is InChI=1S/C20H28N2O3/c1-15-4-8-18(9-5-15)25-14-2-3-19(23)22-12-10-17(11-13-22)21-20(24)16-6-7-16/h4-5,8-9,16-17H,2-3,6-7,10-14H2,1H3,(H,21,24). The molecule has 0 atom stereocenters. The molecule has 1 aromatic rings. The summed E-state index contributed by atoms with van der Waals surface area (Å²) in [6.07, 6.45) is 5.05. The molecule has 0 unspecified atom stereocenters. The number of nitrogens with zero attached hydrogens (tertiary/aromatic N) is 1. The lowest BCUT2D eigenvalue weighted by Crippen LogP contribution is -2.46. The first kappa shape index (κ1) is 17.8. The van der Waals surface area contributed by atoms with E-state index in [0.29, 0.717) is 13.0 Å². The zero-order valence-corrected chi connectivity index (χ0v) is 15.0. The number of aryl methyl sites for hydroxylation is 1. The lowest BCUT2D eigenvalue weighted by molar-refractivity contribution is -0.132. The smallest absolute Gasteiger partial charge is 0.223 e. The van der Waals surface area contributed by atoms with Gasteiger partial charge in [-0.1, -0.05) is 17.7 Å². The van der Waals surface area contributed by atoms with Gasteiger partial charge in [-0.2, -0.15) is 0 Å². The molecule has 2 aliphatic rings. The highest BCUT2D eigenvalue weighted by atomic mass is 16.5. The number of rotatable bonds is 7. The highest BCUT2D eigenvalue weighted by Gasteiger charge is 2.32. The topological polar surface area (TPSA) is 58.6 Å².